The molecule has 6 rings (SSSR count). The molecule has 0 radical (unpaired) electrons. The van der Waals surface area contributed by atoms with E-state index >= 15 is 0 Å². The Kier molecular flexibility index (Phi) is 9.34. The summed E-state index contributed by atoms with van der Waals surface area (Å²) in [7, 11) is 1.37. The Balaban J connectivity index is 1.12. The first-order valence-corrected chi connectivity index (χ1v) is 15.8. The lowest BCUT2D eigenvalue weighted by atomic mass is 10.1. The molecule has 5 N–H and O–H groups in total. The normalized spacial score (nSPS) is 17.9. The number of nitrogen functional groups attached to an aromatic ring is 1. The summed E-state index contributed by atoms with van der Waals surface area (Å²) in [5, 5.41) is 25.5. The van der Waals surface area contributed by atoms with Gasteiger partial charge in [-0.2, -0.15) is 18.3 Å². The number of anilines is 2. The number of hydrogen-bond acceptors (Lipinski definition) is 9. The summed E-state index contributed by atoms with van der Waals surface area (Å²) in [6.45, 7) is 0.432. The number of halogens is 4. The molecule has 2 fully saturated rings. The zero-order valence-electron chi connectivity index (χ0n) is 26.7. The van der Waals surface area contributed by atoms with Crippen molar-refractivity contribution < 1.29 is 42.6 Å². The van der Waals surface area contributed by atoms with Crippen LogP contribution < -0.4 is 11.1 Å². The number of nitrogens with one attached hydrogen (secondary N) is 1. The average molecular weight is 731 g/mol. The Bertz CT molecular complexity index is 2010. The van der Waals surface area contributed by atoms with Gasteiger partial charge in [-0.25, -0.2) is 19.4 Å². The first-order chi connectivity index (χ1) is 24.1. The number of β-amino-alcohol motifs (C(OH)–C–C–N with tert-alkyl or cyclic N) is 1. The van der Waals surface area contributed by atoms with Crippen molar-refractivity contribution in [3.63, 3.8) is 0 Å². The number of aromatic nitrogens is 5. The highest BCUT2D eigenvalue weighted by atomic mass is 35.5. The van der Waals surface area contributed by atoms with E-state index in [0.29, 0.717) is 5.69 Å². The van der Waals surface area contributed by atoms with Gasteiger partial charge in [-0.3, -0.25) is 19.3 Å². The fourth-order valence-corrected chi connectivity index (χ4v) is 6.28. The number of aliphatic hydroxyl groups is 1. The number of pyridine rings is 1. The van der Waals surface area contributed by atoms with Gasteiger partial charge in [0.1, 0.15) is 6.04 Å². The number of carboxylic acid groups (broad SMARTS) is 1. The van der Waals surface area contributed by atoms with Gasteiger partial charge in [0, 0.05) is 51.5 Å². The molecular formula is C31H30ClF3N10O6. The average Bonchev–Trinajstić information content (AvgIpc) is 3.81. The molecule has 4 aromatic rings. The standard InChI is InChI=1S/C31H30ClF3N10O6/c1-41-23(20-15-45(40-25(20)31(33,34)35)24-5-2-16(36)12-37-24)13-38-26(41)27(47)39-17-3-4-19(21(32)10-17)28(48)42-6-8-43(9-7-42)29(49)22-11-18(46)14-44(22)30(50)51/h2-5,10,12-13,15,18,22,46H,6-9,11,14,36H2,1H3,(H,39,47)(H,50,51)/t18-,22+/m1/s1. The van der Waals surface area contributed by atoms with Crippen molar-refractivity contribution in [1.29, 1.82) is 0 Å². The maximum atomic E-state index is 14.0. The zero-order valence-corrected chi connectivity index (χ0v) is 27.5. The molecule has 0 unspecified atom stereocenters. The predicted octanol–water partition coefficient (Wildman–Crippen LogP) is 2.57. The maximum absolute atomic E-state index is 14.0. The molecule has 0 aliphatic carbocycles. The fraction of sp³-hybridized carbons (Fsp3) is 0.323. The van der Waals surface area contributed by atoms with Crippen LogP contribution in [0.25, 0.3) is 17.1 Å². The lowest BCUT2D eigenvalue weighted by Gasteiger charge is -2.37. The third-order valence-electron chi connectivity index (χ3n) is 8.60. The summed E-state index contributed by atoms with van der Waals surface area (Å²) in [6, 6.07) is 6.05. The molecule has 4 amide bonds. The summed E-state index contributed by atoms with van der Waals surface area (Å²) in [5.74, 6) is -1.77. The number of alkyl halides is 3. The van der Waals surface area contributed by atoms with Crippen LogP contribution in [0.15, 0.2) is 48.9 Å². The van der Waals surface area contributed by atoms with Crippen molar-refractivity contribution in [3.8, 4) is 17.1 Å². The number of aliphatic hydroxyl groups excluding tert-OH is 1. The van der Waals surface area contributed by atoms with Gasteiger partial charge in [-0.1, -0.05) is 11.6 Å². The largest absolute Gasteiger partial charge is 0.465 e. The monoisotopic (exact) mass is 730 g/mol. The molecule has 0 spiro atoms. The molecule has 0 saturated carbocycles. The Morgan fingerprint density at radius 2 is 1.73 bits per heavy atom. The second kappa shape index (κ2) is 13.6. The minimum Gasteiger partial charge on any atom is -0.465 e. The van der Waals surface area contributed by atoms with Crippen LogP contribution in [0.5, 0.6) is 0 Å². The van der Waals surface area contributed by atoms with Crippen LogP contribution in [0.2, 0.25) is 5.02 Å². The van der Waals surface area contributed by atoms with Crippen molar-refractivity contribution in [2.24, 2.45) is 7.05 Å². The highest BCUT2D eigenvalue weighted by Gasteiger charge is 2.42. The number of carbonyl (C=O) groups excluding carboxylic acids is 3. The molecule has 20 heteroatoms. The van der Waals surface area contributed by atoms with Gasteiger partial charge in [-0.15, -0.1) is 0 Å². The first kappa shape index (κ1) is 35.1. The van der Waals surface area contributed by atoms with Crippen LogP contribution in [0.4, 0.5) is 29.3 Å². The van der Waals surface area contributed by atoms with Gasteiger partial charge in [0.25, 0.3) is 11.8 Å². The van der Waals surface area contributed by atoms with E-state index in [2.05, 4.69) is 20.4 Å². The molecule has 5 heterocycles. The lowest BCUT2D eigenvalue weighted by molar-refractivity contribution is -0.141. The van der Waals surface area contributed by atoms with Gasteiger partial charge >= 0.3 is 12.3 Å². The molecule has 1 aromatic carbocycles. The van der Waals surface area contributed by atoms with E-state index in [-0.39, 0.29) is 78.3 Å². The molecule has 0 bridgehead atoms. The number of piperazine rings is 1. The summed E-state index contributed by atoms with van der Waals surface area (Å²) in [6.07, 6.45) is -3.56. The molecule has 2 saturated heterocycles. The maximum Gasteiger partial charge on any atom is 0.435 e. The Labute approximate surface area is 291 Å². The number of benzene rings is 1. The minimum absolute atomic E-state index is 0.00204. The predicted molar refractivity (Wildman–Crippen MR) is 174 cm³/mol. The minimum atomic E-state index is -4.84. The van der Waals surface area contributed by atoms with Gasteiger partial charge in [-0.05, 0) is 30.3 Å². The van der Waals surface area contributed by atoms with Crippen molar-refractivity contribution >= 4 is 46.8 Å². The molecule has 2 aliphatic heterocycles. The van der Waals surface area contributed by atoms with E-state index in [1.165, 1.54) is 57.9 Å². The highest BCUT2D eigenvalue weighted by Crippen LogP contribution is 2.37. The molecule has 51 heavy (non-hydrogen) atoms. The first-order valence-electron chi connectivity index (χ1n) is 15.4. The van der Waals surface area contributed by atoms with Crippen molar-refractivity contribution in [3.05, 3.63) is 71.0 Å². The van der Waals surface area contributed by atoms with Crippen LogP contribution in [0.3, 0.4) is 0 Å². The van der Waals surface area contributed by atoms with E-state index in [4.69, 9.17) is 17.3 Å². The van der Waals surface area contributed by atoms with Crippen molar-refractivity contribution in [2.75, 3.05) is 43.8 Å². The highest BCUT2D eigenvalue weighted by molar-refractivity contribution is 6.34. The quantitative estimate of drug-likeness (QED) is 0.228. The molecular weight excluding hydrogens is 701 g/mol. The summed E-state index contributed by atoms with van der Waals surface area (Å²) >= 11 is 6.44. The van der Waals surface area contributed by atoms with Crippen LogP contribution in [0.1, 0.15) is 33.1 Å². The molecule has 16 nitrogen and oxygen atoms in total. The number of carbonyl (C=O) groups is 4. The topological polar surface area (TPSA) is 205 Å². The number of rotatable bonds is 6. The number of likely N-dealkylation sites (tertiary alicyclic amines) is 1. The molecule has 2 aliphatic rings. The lowest BCUT2D eigenvalue weighted by Crippen LogP contribution is -2.55. The SMILES string of the molecule is Cn1c(-c2cn(-c3ccc(N)cn3)nc2C(F)(F)F)cnc1C(=O)Nc1ccc(C(=O)N2CCN(C(=O)[C@@H]3C[C@@H](O)CN3C(=O)O)CC2)c(Cl)c1. The fourth-order valence-electron chi connectivity index (χ4n) is 6.02. The van der Waals surface area contributed by atoms with Crippen LogP contribution in [-0.4, -0.2) is 118 Å². The van der Waals surface area contributed by atoms with Gasteiger partial charge in [0.15, 0.2) is 17.3 Å². The second-order valence-electron chi connectivity index (χ2n) is 11.9. The summed E-state index contributed by atoms with van der Waals surface area (Å²) in [4.78, 5) is 62.9. The van der Waals surface area contributed by atoms with Crippen molar-refractivity contribution in [2.45, 2.75) is 24.7 Å². The Morgan fingerprint density at radius 1 is 1.02 bits per heavy atom. The zero-order chi connectivity index (χ0) is 36.8. The second-order valence-corrected chi connectivity index (χ2v) is 12.3. The van der Waals surface area contributed by atoms with E-state index in [1.54, 1.807) is 0 Å². The van der Waals surface area contributed by atoms with Crippen LogP contribution >= 0.6 is 11.6 Å². The number of hydrogen-bond donors (Lipinski definition) is 4. The smallest absolute Gasteiger partial charge is 0.435 e. The van der Waals surface area contributed by atoms with E-state index in [1.807, 2.05) is 0 Å². The number of imidazole rings is 1. The number of nitrogens with two attached hydrogens (primary N) is 1. The van der Waals surface area contributed by atoms with Gasteiger partial charge in [0.2, 0.25) is 5.91 Å². The van der Waals surface area contributed by atoms with Crippen LogP contribution in [-0.2, 0) is 18.0 Å². The Morgan fingerprint density at radius 3 is 2.35 bits per heavy atom. The summed E-state index contributed by atoms with van der Waals surface area (Å²) < 4.78 is 44.2. The van der Waals surface area contributed by atoms with Crippen molar-refractivity contribution in [1.82, 2.24) is 39.0 Å². The van der Waals surface area contributed by atoms with Gasteiger partial charge in [0.05, 0.1) is 52.6 Å². The Hall–Kier alpha value is -5.69. The van der Waals surface area contributed by atoms with Gasteiger partial charge < -0.3 is 35.6 Å². The third kappa shape index (κ3) is 7.02. The van der Waals surface area contributed by atoms with E-state index in [9.17, 15) is 42.6 Å². The summed E-state index contributed by atoms with van der Waals surface area (Å²) in [5.41, 5.74) is 4.65. The molecule has 3 aromatic heterocycles. The molecule has 2 atom stereocenters. The molecule has 268 valence electrons. The van der Waals surface area contributed by atoms with E-state index in [0.717, 1.165) is 22.0 Å². The third-order valence-corrected chi connectivity index (χ3v) is 8.91. The number of amides is 4. The van der Waals surface area contributed by atoms with E-state index < -0.39 is 47.8 Å². The number of nitrogens with zero attached hydrogens (tertiary/aromatic N) is 8. The van der Waals surface area contributed by atoms with Crippen LogP contribution in [0, 0.1) is 0 Å².